The summed E-state index contributed by atoms with van der Waals surface area (Å²) in [5.41, 5.74) is 8.23. The number of nitrogens with zero attached hydrogens (tertiary/aromatic N) is 1. The molecule has 1 unspecified atom stereocenters. The van der Waals surface area contributed by atoms with E-state index >= 15 is 0 Å². The van der Waals surface area contributed by atoms with Gasteiger partial charge in [0, 0.05) is 19.0 Å². The standard InChI is InChI=1S/C20H18F3N3O/c21-20(22,23)16-7-5-15(6-8-16)14-3-1-13(2-4-14)9-19(27)18(24)10-17-11-25-12-26-17/h1-8,11-12,18H,9-10,24H2,(H,25,26). The van der Waals surface area contributed by atoms with Crippen molar-refractivity contribution in [2.75, 3.05) is 0 Å². The zero-order valence-electron chi connectivity index (χ0n) is 14.3. The number of H-pyrrole nitrogens is 1. The van der Waals surface area contributed by atoms with E-state index in [0.29, 0.717) is 12.0 Å². The van der Waals surface area contributed by atoms with Gasteiger partial charge in [0.15, 0.2) is 5.78 Å². The number of benzene rings is 2. The predicted octanol–water partition coefficient (Wildman–Crippen LogP) is 3.78. The molecule has 3 N–H and O–H groups in total. The summed E-state index contributed by atoms with van der Waals surface area (Å²) in [6.45, 7) is 0. The quantitative estimate of drug-likeness (QED) is 0.691. The van der Waals surface area contributed by atoms with E-state index in [1.54, 1.807) is 30.5 Å². The van der Waals surface area contributed by atoms with Crippen molar-refractivity contribution in [2.45, 2.75) is 25.1 Å². The van der Waals surface area contributed by atoms with Crippen molar-refractivity contribution in [3.05, 3.63) is 77.9 Å². The lowest BCUT2D eigenvalue weighted by molar-refractivity contribution is -0.137. The fraction of sp³-hybridized carbons (Fsp3) is 0.200. The normalized spacial score (nSPS) is 12.7. The van der Waals surface area contributed by atoms with Crippen LogP contribution in [0.15, 0.2) is 61.1 Å². The van der Waals surface area contributed by atoms with Gasteiger partial charge in [-0.1, -0.05) is 36.4 Å². The predicted molar refractivity (Wildman–Crippen MR) is 95.9 cm³/mol. The maximum atomic E-state index is 12.6. The van der Waals surface area contributed by atoms with Crippen LogP contribution < -0.4 is 5.73 Å². The number of carbonyl (C=O) groups is 1. The largest absolute Gasteiger partial charge is 0.416 e. The summed E-state index contributed by atoms with van der Waals surface area (Å²) in [6, 6.07) is 11.5. The van der Waals surface area contributed by atoms with Crippen molar-refractivity contribution in [2.24, 2.45) is 5.73 Å². The minimum absolute atomic E-state index is 0.0970. The number of hydrogen-bond acceptors (Lipinski definition) is 3. The molecule has 4 nitrogen and oxygen atoms in total. The molecule has 7 heteroatoms. The second kappa shape index (κ2) is 7.75. The summed E-state index contributed by atoms with van der Waals surface area (Å²) in [6.07, 6.45) is -0.555. The van der Waals surface area contributed by atoms with E-state index in [0.717, 1.165) is 29.0 Å². The molecule has 1 atom stereocenters. The van der Waals surface area contributed by atoms with E-state index in [2.05, 4.69) is 9.97 Å². The molecule has 0 aliphatic rings. The Hall–Kier alpha value is -2.93. The summed E-state index contributed by atoms with van der Waals surface area (Å²) < 4.78 is 37.9. The van der Waals surface area contributed by atoms with Crippen LogP contribution in [0.25, 0.3) is 11.1 Å². The number of carbonyl (C=O) groups excluding carboxylic acids is 1. The number of aromatic amines is 1. The zero-order valence-corrected chi connectivity index (χ0v) is 14.3. The summed E-state index contributed by atoms with van der Waals surface area (Å²) in [4.78, 5) is 19.1. The van der Waals surface area contributed by atoms with Crippen molar-refractivity contribution in [1.82, 2.24) is 9.97 Å². The molecule has 140 valence electrons. The molecule has 0 fully saturated rings. The van der Waals surface area contributed by atoms with Gasteiger partial charge < -0.3 is 10.7 Å². The molecule has 0 radical (unpaired) electrons. The molecule has 2 aromatic carbocycles. The van der Waals surface area contributed by atoms with E-state index in [1.165, 1.54) is 18.5 Å². The van der Waals surface area contributed by atoms with Crippen molar-refractivity contribution in [1.29, 1.82) is 0 Å². The van der Waals surface area contributed by atoms with Crippen LogP contribution in [0.4, 0.5) is 13.2 Å². The maximum absolute atomic E-state index is 12.6. The molecule has 0 saturated heterocycles. The molecule has 0 saturated carbocycles. The van der Waals surface area contributed by atoms with Crippen molar-refractivity contribution < 1.29 is 18.0 Å². The second-order valence-electron chi connectivity index (χ2n) is 6.29. The third-order valence-corrected chi connectivity index (χ3v) is 4.28. The highest BCUT2D eigenvalue weighted by Gasteiger charge is 2.29. The van der Waals surface area contributed by atoms with E-state index in [1.807, 2.05) is 0 Å². The molecule has 3 aromatic rings. The highest BCUT2D eigenvalue weighted by atomic mass is 19.4. The van der Waals surface area contributed by atoms with E-state index in [-0.39, 0.29) is 12.2 Å². The van der Waals surface area contributed by atoms with Gasteiger partial charge in [-0.15, -0.1) is 0 Å². The summed E-state index contributed by atoms with van der Waals surface area (Å²) >= 11 is 0. The molecule has 0 amide bonds. The van der Waals surface area contributed by atoms with Gasteiger partial charge in [-0.3, -0.25) is 4.79 Å². The van der Waals surface area contributed by atoms with Crippen LogP contribution in [0.1, 0.15) is 16.8 Å². The fourth-order valence-electron chi connectivity index (χ4n) is 2.74. The molecular weight excluding hydrogens is 355 g/mol. The van der Waals surface area contributed by atoms with Crippen LogP contribution in [0.3, 0.4) is 0 Å². The Bertz CT molecular complexity index is 886. The van der Waals surface area contributed by atoms with Crippen LogP contribution in [-0.4, -0.2) is 21.8 Å². The van der Waals surface area contributed by atoms with E-state index < -0.39 is 17.8 Å². The first-order valence-electron chi connectivity index (χ1n) is 8.35. The summed E-state index contributed by atoms with van der Waals surface area (Å²) in [5.74, 6) is -0.0970. The van der Waals surface area contributed by atoms with Gasteiger partial charge >= 0.3 is 6.18 Å². The number of rotatable bonds is 6. The molecule has 1 aromatic heterocycles. The first-order valence-corrected chi connectivity index (χ1v) is 8.35. The Morgan fingerprint density at radius 3 is 2.15 bits per heavy atom. The van der Waals surface area contributed by atoms with Gasteiger partial charge in [0.1, 0.15) is 0 Å². The molecule has 0 bridgehead atoms. The number of nitrogens with one attached hydrogen (secondary N) is 1. The fourth-order valence-corrected chi connectivity index (χ4v) is 2.74. The SMILES string of the molecule is NC(Cc1c[nH]cn1)C(=O)Cc1ccc(-c2ccc(C(F)(F)F)cc2)cc1. The molecule has 0 spiro atoms. The zero-order chi connectivity index (χ0) is 19.4. The lowest BCUT2D eigenvalue weighted by Crippen LogP contribution is -2.34. The Morgan fingerprint density at radius 1 is 1.04 bits per heavy atom. The van der Waals surface area contributed by atoms with Gasteiger partial charge in [0.05, 0.1) is 23.6 Å². The lowest BCUT2D eigenvalue weighted by atomic mass is 9.98. The monoisotopic (exact) mass is 373 g/mol. The molecule has 0 aliphatic heterocycles. The minimum Gasteiger partial charge on any atom is -0.351 e. The molecule has 0 aliphatic carbocycles. The van der Waals surface area contributed by atoms with Gasteiger partial charge in [-0.05, 0) is 28.8 Å². The lowest BCUT2D eigenvalue weighted by Gasteiger charge is -2.10. The summed E-state index contributed by atoms with van der Waals surface area (Å²) in [7, 11) is 0. The number of Topliss-reactive ketones (excluding diaryl/α,β-unsaturated/α-hetero) is 1. The molecule has 3 rings (SSSR count). The highest BCUT2D eigenvalue weighted by Crippen LogP contribution is 2.31. The third kappa shape index (κ3) is 4.83. The number of hydrogen-bond donors (Lipinski definition) is 2. The van der Waals surface area contributed by atoms with Crippen LogP contribution in [0.2, 0.25) is 0 Å². The van der Waals surface area contributed by atoms with Crippen molar-refractivity contribution in [3.8, 4) is 11.1 Å². The highest BCUT2D eigenvalue weighted by molar-refractivity contribution is 5.86. The van der Waals surface area contributed by atoms with Gasteiger partial charge in [0.25, 0.3) is 0 Å². The van der Waals surface area contributed by atoms with E-state index in [4.69, 9.17) is 5.73 Å². The van der Waals surface area contributed by atoms with Gasteiger partial charge in [-0.2, -0.15) is 13.2 Å². The summed E-state index contributed by atoms with van der Waals surface area (Å²) in [5, 5.41) is 0. The Balaban J connectivity index is 1.64. The number of halogens is 3. The number of ketones is 1. The van der Waals surface area contributed by atoms with Crippen molar-refractivity contribution in [3.63, 3.8) is 0 Å². The average molecular weight is 373 g/mol. The maximum Gasteiger partial charge on any atom is 0.416 e. The Morgan fingerprint density at radius 2 is 1.63 bits per heavy atom. The Labute approximate surface area is 154 Å². The van der Waals surface area contributed by atoms with Crippen LogP contribution in [0, 0.1) is 0 Å². The van der Waals surface area contributed by atoms with Gasteiger partial charge in [-0.25, -0.2) is 4.98 Å². The molecular formula is C20H18F3N3O. The first kappa shape index (κ1) is 18.8. The van der Waals surface area contributed by atoms with Crippen LogP contribution >= 0.6 is 0 Å². The number of alkyl halides is 3. The molecule has 27 heavy (non-hydrogen) atoms. The average Bonchev–Trinajstić information content (AvgIpc) is 3.15. The van der Waals surface area contributed by atoms with Gasteiger partial charge in [0.2, 0.25) is 0 Å². The topological polar surface area (TPSA) is 71.8 Å². The van der Waals surface area contributed by atoms with Crippen LogP contribution in [0.5, 0.6) is 0 Å². The first-order chi connectivity index (χ1) is 12.8. The minimum atomic E-state index is -4.35. The number of nitrogens with two attached hydrogens (primary N) is 1. The Kier molecular flexibility index (Phi) is 5.41. The van der Waals surface area contributed by atoms with E-state index in [9.17, 15) is 18.0 Å². The van der Waals surface area contributed by atoms with Crippen LogP contribution in [-0.2, 0) is 23.8 Å². The smallest absolute Gasteiger partial charge is 0.351 e. The number of imidazole rings is 1. The molecule has 1 heterocycles. The second-order valence-corrected chi connectivity index (χ2v) is 6.29. The third-order valence-electron chi connectivity index (χ3n) is 4.28. The number of aromatic nitrogens is 2. The van der Waals surface area contributed by atoms with Crippen molar-refractivity contribution >= 4 is 5.78 Å².